The van der Waals surface area contributed by atoms with Gasteiger partial charge >= 0.3 is 0 Å². The lowest BCUT2D eigenvalue weighted by atomic mass is 9.75. The molecule has 0 aliphatic heterocycles. The van der Waals surface area contributed by atoms with E-state index in [1.165, 1.54) is 31.4 Å². The molecule has 19 heavy (non-hydrogen) atoms. The molecule has 0 bridgehead atoms. The molecule has 1 aliphatic carbocycles. The van der Waals surface area contributed by atoms with Gasteiger partial charge < -0.3 is 14.9 Å². The average molecular weight is 266 g/mol. The van der Waals surface area contributed by atoms with Crippen LogP contribution in [-0.4, -0.2) is 48.1 Å². The molecule has 1 saturated carbocycles. The highest BCUT2D eigenvalue weighted by Gasteiger charge is 2.39. The number of aromatic hydroxyl groups is 1. The quantitative estimate of drug-likeness (QED) is 0.887. The normalized spacial score (nSPS) is 17.8. The van der Waals surface area contributed by atoms with E-state index in [2.05, 4.69) is 30.9 Å². The summed E-state index contributed by atoms with van der Waals surface area (Å²) in [5.74, 6) is -0.827. The van der Waals surface area contributed by atoms with Crippen molar-refractivity contribution in [2.75, 3.05) is 27.7 Å². The van der Waals surface area contributed by atoms with E-state index in [0.29, 0.717) is 6.54 Å². The molecule has 106 valence electrons. The van der Waals surface area contributed by atoms with E-state index in [1.54, 1.807) is 6.07 Å². The summed E-state index contributed by atoms with van der Waals surface area (Å²) in [5, 5.41) is 9.19. The summed E-state index contributed by atoms with van der Waals surface area (Å²) in [5.41, 5.74) is 1.18. The second kappa shape index (κ2) is 5.47. The fraction of sp³-hybridized carbons (Fsp3) is 0.600. The first-order valence-corrected chi connectivity index (χ1v) is 6.76. The molecular formula is C15H23FN2O. The molecular weight excluding hydrogens is 243 g/mol. The van der Waals surface area contributed by atoms with E-state index >= 15 is 0 Å². The lowest BCUT2D eigenvalue weighted by molar-refractivity contribution is 0.0259. The van der Waals surface area contributed by atoms with E-state index in [0.717, 1.165) is 12.1 Å². The van der Waals surface area contributed by atoms with Gasteiger partial charge in [-0.15, -0.1) is 0 Å². The molecule has 0 saturated heterocycles. The Morgan fingerprint density at radius 2 is 1.95 bits per heavy atom. The molecule has 1 aromatic carbocycles. The van der Waals surface area contributed by atoms with Gasteiger partial charge in [-0.2, -0.15) is 0 Å². The van der Waals surface area contributed by atoms with Crippen molar-refractivity contribution in [2.45, 2.75) is 31.3 Å². The Morgan fingerprint density at radius 1 is 1.26 bits per heavy atom. The Morgan fingerprint density at radius 3 is 2.42 bits per heavy atom. The topological polar surface area (TPSA) is 26.7 Å². The summed E-state index contributed by atoms with van der Waals surface area (Å²) < 4.78 is 13.3. The molecule has 0 radical (unpaired) electrons. The second-order valence-electron chi connectivity index (χ2n) is 5.93. The zero-order valence-corrected chi connectivity index (χ0v) is 12.0. The van der Waals surface area contributed by atoms with Crippen LogP contribution in [0.1, 0.15) is 24.8 Å². The number of rotatable bonds is 5. The number of halogens is 1. The van der Waals surface area contributed by atoms with Crippen molar-refractivity contribution in [3.05, 3.63) is 29.6 Å². The zero-order valence-electron chi connectivity index (χ0n) is 12.0. The van der Waals surface area contributed by atoms with Gasteiger partial charge in [0.2, 0.25) is 0 Å². The van der Waals surface area contributed by atoms with Crippen molar-refractivity contribution in [1.82, 2.24) is 9.80 Å². The Hall–Kier alpha value is -1.13. The minimum absolute atomic E-state index is 0.282. The van der Waals surface area contributed by atoms with Gasteiger partial charge in [-0.3, -0.25) is 0 Å². The van der Waals surface area contributed by atoms with Crippen molar-refractivity contribution in [1.29, 1.82) is 0 Å². The summed E-state index contributed by atoms with van der Waals surface area (Å²) in [7, 11) is 6.33. The van der Waals surface area contributed by atoms with Crippen molar-refractivity contribution in [3.63, 3.8) is 0 Å². The minimum Gasteiger partial charge on any atom is -0.505 e. The van der Waals surface area contributed by atoms with E-state index < -0.39 is 5.82 Å². The van der Waals surface area contributed by atoms with Gasteiger partial charge in [0.25, 0.3) is 0 Å². The van der Waals surface area contributed by atoms with Gasteiger partial charge in [0, 0.05) is 18.6 Å². The fourth-order valence-corrected chi connectivity index (χ4v) is 2.85. The predicted molar refractivity (Wildman–Crippen MR) is 74.7 cm³/mol. The number of hydrogen-bond acceptors (Lipinski definition) is 3. The summed E-state index contributed by atoms with van der Waals surface area (Å²) in [6.45, 7) is 1.69. The van der Waals surface area contributed by atoms with Crippen LogP contribution in [0.4, 0.5) is 4.39 Å². The molecule has 1 N–H and O–H groups in total. The smallest absolute Gasteiger partial charge is 0.165 e. The van der Waals surface area contributed by atoms with Crippen LogP contribution in [0.5, 0.6) is 5.75 Å². The molecule has 1 aliphatic rings. The highest BCUT2D eigenvalue weighted by molar-refractivity contribution is 5.27. The first kappa shape index (κ1) is 14.3. The standard InChI is InChI=1S/C15H23FN2O/c1-17(2)15(7-4-8-15)11-18(3)10-12-5-6-14(19)13(16)9-12/h5-6,9,19H,4,7-8,10-11H2,1-3H3. The van der Waals surface area contributed by atoms with Gasteiger partial charge in [0.1, 0.15) is 0 Å². The average Bonchev–Trinajstić information content (AvgIpc) is 2.28. The second-order valence-corrected chi connectivity index (χ2v) is 5.93. The maximum absolute atomic E-state index is 13.3. The Bertz CT molecular complexity index is 444. The van der Waals surface area contributed by atoms with E-state index in [9.17, 15) is 9.50 Å². The van der Waals surface area contributed by atoms with E-state index in [-0.39, 0.29) is 11.3 Å². The van der Waals surface area contributed by atoms with Crippen LogP contribution in [0.15, 0.2) is 18.2 Å². The third-order valence-corrected chi connectivity index (χ3v) is 4.26. The predicted octanol–water partition coefficient (Wildman–Crippen LogP) is 2.45. The van der Waals surface area contributed by atoms with Gasteiger partial charge in [0.15, 0.2) is 11.6 Å². The molecule has 2 rings (SSSR count). The maximum Gasteiger partial charge on any atom is 0.165 e. The Labute approximate surface area is 114 Å². The van der Waals surface area contributed by atoms with Crippen molar-refractivity contribution in [2.24, 2.45) is 0 Å². The maximum atomic E-state index is 13.3. The highest BCUT2D eigenvalue weighted by Crippen LogP contribution is 2.36. The Kier molecular flexibility index (Phi) is 4.11. The molecule has 0 amide bonds. The molecule has 3 nitrogen and oxygen atoms in total. The number of phenols is 1. The third-order valence-electron chi connectivity index (χ3n) is 4.26. The van der Waals surface area contributed by atoms with Crippen molar-refractivity contribution < 1.29 is 9.50 Å². The van der Waals surface area contributed by atoms with E-state index in [4.69, 9.17) is 0 Å². The number of phenolic OH excluding ortho intramolecular Hbond substituents is 1. The summed E-state index contributed by atoms with van der Waals surface area (Å²) in [6, 6.07) is 4.61. The van der Waals surface area contributed by atoms with Crippen LogP contribution in [0.3, 0.4) is 0 Å². The first-order valence-electron chi connectivity index (χ1n) is 6.76. The van der Waals surface area contributed by atoms with Crippen LogP contribution >= 0.6 is 0 Å². The van der Waals surface area contributed by atoms with Gasteiger partial charge in [-0.1, -0.05) is 6.07 Å². The zero-order chi connectivity index (χ0) is 14.0. The number of nitrogens with zero attached hydrogens (tertiary/aromatic N) is 2. The Balaban J connectivity index is 1.97. The fourth-order valence-electron chi connectivity index (χ4n) is 2.85. The highest BCUT2D eigenvalue weighted by atomic mass is 19.1. The molecule has 0 spiro atoms. The summed E-state index contributed by atoms with van der Waals surface area (Å²) in [6.07, 6.45) is 3.75. The van der Waals surface area contributed by atoms with Crippen molar-refractivity contribution in [3.8, 4) is 5.75 Å². The number of likely N-dealkylation sites (N-methyl/N-ethyl adjacent to an activating group) is 2. The lowest BCUT2D eigenvalue weighted by Gasteiger charge is -2.49. The van der Waals surface area contributed by atoms with Gasteiger partial charge in [0.05, 0.1) is 0 Å². The minimum atomic E-state index is -0.545. The van der Waals surface area contributed by atoms with Crippen LogP contribution in [0.25, 0.3) is 0 Å². The van der Waals surface area contributed by atoms with E-state index in [1.807, 2.05) is 0 Å². The largest absolute Gasteiger partial charge is 0.505 e. The van der Waals surface area contributed by atoms with Gasteiger partial charge in [-0.25, -0.2) is 4.39 Å². The lowest BCUT2D eigenvalue weighted by Crippen LogP contribution is -2.56. The van der Waals surface area contributed by atoms with Crippen LogP contribution in [-0.2, 0) is 6.54 Å². The SMILES string of the molecule is CN(Cc1ccc(O)c(F)c1)CC1(N(C)C)CCC1. The molecule has 0 atom stereocenters. The molecule has 4 heteroatoms. The van der Waals surface area contributed by atoms with Crippen LogP contribution in [0.2, 0.25) is 0 Å². The van der Waals surface area contributed by atoms with Crippen LogP contribution < -0.4 is 0 Å². The summed E-state index contributed by atoms with van der Waals surface area (Å²) in [4.78, 5) is 4.54. The number of hydrogen-bond donors (Lipinski definition) is 1. The summed E-state index contributed by atoms with van der Waals surface area (Å²) >= 11 is 0. The molecule has 1 aromatic rings. The molecule has 1 fully saturated rings. The molecule has 0 heterocycles. The first-order chi connectivity index (χ1) is 8.93. The van der Waals surface area contributed by atoms with Crippen molar-refractivity contribution >= 4 is 0 Å². The number of benzene rings is 1. The van der Waals surface area contributed by atoms with Crippen LogP contribution in [0, 0.1) is 5.82 Å². The third kappa shape index (κ3) is 3.07. The van der Waals surface area contributed by atoms with Gasteiger partial charge in [-0.05, 0) is 58.1 Å². The monoisotopic (exact) mass is 266 g/mol. The molecule has 0 aromatic heterocycles. The molecule has 0 unspecified atom stereocenters.